The van der Waals surface area contributed by atoms with Gasteiger partial charge in [0, 0.05) is 6.42 Å². The minimum atomic E-state index is 0.472. The predicted molar refractivity (Wildman–Crippen MR) is 119 cm³/mol. The third kappa shape index (κ3) is 4.43. The van der Waals surface area contributed by atoms with Crippen LogP contribution in [0.2, 0.25) is 0 Å². The fraction of sp³-hybridized carbons (Fsp3) is 0.174. The first-order valence-corrected chi connectivity index (χ1v) is 10.1. The summed E-state index contributed by atoms with van der Waals surface area (Å²) in [6, 6.07) is 22.5. The second-order valence-corrected chi connectivity index (χ2v) is 7.12. The van der Waals surface area contributed by atoms with Gasteiger partial charge in [-0.1, -0.05) is 49.4 Å². The fourth-order valence-corrected chi connectivity index (χ4v) is 3.37. The standard InChI is InChI=1S/C23H22N4OS/c1-2-14-28-20-12-10-17(11-13-20)16-24-27-22(25-26-23(27)29)15-19-8-5-7-18-6-3-4-9-21(18)19/h3-13,16H,2,14-15H2,1H3,(H,26,29)/b24-16-. The quantitative estimate of drug-likeness (QED) is 0.335. The van der Waals surface area contributed by atoms with Crippen LogP contribution in [-0.2, 0) is 6.42 Å². The van der Waals surface area contributed by atoms with Crippen LogP contribution < -0.4 is 4.74 Å². The molecule has 4 rings (SSSR count). The number of H-pyrrole nitrogens is 1. The van der Waals surface area contributed by atoms with Gasteiger partial charge in [-0.2, -0.15) is 14.9 Å². The van der Waals surface area contributed by atoms with E-state index in [2.05, 4.69) is 58.6 Å². The third-order valence-corrected chi connectivity index (χ3v) is 4.89. The molecule has 0 aliphatic heterocycles. The Kier molecular flexibility index (Phi) is 5.81. The Bertz CT molecular complexity index is 1190. The number of hydrogen-bond acceptors (Lipinski definition) is 4. The molecule has 0 atom stereocenters. The number of aromatic nitrogens is 3. The van der Waals surface area contributed by atoms with Crippen molar-refractivity contribution in [1.82, 2.24) is 14.9 Å². The number of rotatable bonds is 7. The molecule has 0 aliphatic carbocycles. The van der Waals surface area contributed by atoms with E-state index in [1.807, 2.05) is 30.3 Å². The van der Waals surface area contributed by atoms with E-state index >= 15 is 0 Å². The summed E-state index contributed by atoms with van der Waals surface area (Å²) in [7, 11) is 0. The van der Waals surface area contributed by atoms with Crippen molar-refractivity contribution in [3.8, 4) is 5.75 Å². The van der Waals surface area contributed by atoms with Gasteiger partial charge >= 0.3 is 0 Å². The van der Waals surface area contributed by atoms with Crippen LogP contribution in [0, 0.1) is 4.77 Å². The number of fused-ring (bicyclic) bond motifs is 1. The zero-order chi connectivity index (χ0) is 20.1. The minimum Gasteiger partial charge on any atom is -0.494 e. The lowest BCUT2D eigenvalue weighted by Crippen LogP contribution is -2.01. The number of aromatic amines is 1. The van der Waals surface area contributed by atoms with Crippen molar-refractivity contribution in [2.75, 3.05) is 6.61 Å². The van der Waals surface area contributed by atoms with Crippen LogP contribution in [0.25, 0.3) is 10.8 Å². The topological polar surface area (TPSA) is 55.2 Å². The summed E-state index contributed by atoms with van der Waals surface area (Å²) in [6.07, 6.45) is 3.40. The van der Waals surface area contributed by atoms with Crippen LogP contribution in [0.15, 0.2) is 71.8 Å². The Morgan fingerprint density at radius 2 is 1.86 bits per heavy atom. The highest BCUT2D eigenvalue weighted by Crippen LogP contribution is 2.21. The van der Waals surface area contributed by atoms with Crippen molar-refractivity contribution in [1.29, 1.82) is 0 Å². The van der Waals surface area contributed by atoms with Crippen molar-refractivity contribution in [2.45, 2.75) is 19.8 Å². The Balaban J connectivity index is 1.57. The maximum atomic E-state index is 5.62. The van der Waals surface area contributed by atoms with Gasteiger partial charge in [0.05, 0.1) is 12.8 Å². The van der Waals surface area contributed by atoms with Crippen LogP contribution in [0.1, 0.15) is 30.3 Å². The highest BCUT2D eigenvalue weighted by atomic mass is 32.1. The molecule has 3 aromatic carbocycles. The molecule has 0 saturated heterocycles. The summed E-state index contributed by atoms with van der Waals surface area (Å²) in [5.74, 6) is 1.63. The number of hydrogen-bond donors (Lipinski definition) is 1. The van der Waals surface area contributed by atoms with E-state index in [-0.39, 0.29) is 0 Å². The van der Waals surface area contributed by atoms with Gasteiger partial charge in [0.1, 0.15) is 5.75 Å². The smallest absolute Gasteiger partial charge is 0.216 e. The summed E-state index contributed by atoms with van der Waals surface area (Å²) >= 11 is 5.38. The molecule has 0 spiro atoms. The highest BCUT2D eigenvalue weighted by molar-refractivity contribution is 7.71. The molecular formula is C23H22N4OS. The molecule has 1 heterocycles. The first-order chi connectivity index (χ1) is 14.2. The maximum absolute atomic E-state index is 5.62. The van der Waals surface area contributed by atoms with E-state index in [9.17, 15) is 0 Å². The predicted octanol–water partition coefficient (Wildman–Crippen LogP) is 5.36. The van der Waals surface area contributed by atoms with E-state index < -0.39 is 0 Å². The fourth-order valence-electron chi connectivity index (χ4n) is 3.17. The molecule has 4 aromatic rings. The average Bonchev–Trinajstić information content (AvgIpc) is 3.11. The molecular weight excluding hydrogens is 380 g/mol. The Hall–Kier alpha value is -3.25. The molecule has 0 radical (unpaired) electrons. The Morgan fingerprint density at radius 1 is 1.07 bits per heavy atom. The van der Waals surface area contributed by atoms with E-state index in [1.165, 1.54) is 16.3 Å². The zero-order valence-corrected chi connectivity index (χ0v) is 17.0. The van der Waals surface area contributed by atoms with Crippen LogP contribution in [0.5, 0.6) is 5.75 Å². The zero-order valence-electron chi connectivity index (χ0n) is 16.2. The first-order valence-electron chi connectivity index (χ1n) is 9.65. The van der Waals surface area contributed by atoms with Gasteiger partial charge in [0.15, 0.2) is 5.82 Å². The highest BCUT2D eigenvalue weighted by Gasteiger charge is 2.09. The van der Waals surface area contributed by atoms with E-state index in [4.69, 9.17) is 17.0 Å². The van der Waals surface area contributed by atoms with Crippen LogP contribution in [-0.4, -0.2) is 27.7 Å². The number of benzene rings is 3. The lowest BCUT2D eigenvalue weighted by Gasteiger charge is -2.06. The summed E-state index contributed by atoms with van der Waals surface area (Å²) in [5, 5.41) is 14.2. The summed E-state index contributed by atoms with van der Waals surface area (Å²) in [5.41, 5.74) is 2.15. The maximum Gasteiger partial charge on any atom is 0.216 e. The summed E-state index contributed by atoms with van der Waals surface area (Å²) < 4.78 is 7.77. The van der Waals surface area contributed by atoms with Crippen molar-refractivity contribution < 1.29 is 4.74 Å². The van der Waals surface area contributed by atoms with Crippen molar-refractivity contribution >= 4 is 29.2 Å². The van der Waals surface area contributed by atoms with Gasteiger partial charge in [-0.25, -0.2) is 0 Å². The molecule has 0 saturated carbocycles. The average molecular weight is 403 g/mol. The van der Waals surface area contributed by atoms with Crippen LogP contribution in [0.3, 0.4) is 0 Å². The number of nitrogens with zero attached hydrogens (tertiary/aromatic N) is 3. The molecule has 0 aliphatic rings. The molecule has 0 fully saturated rings. The van der Waals surface area contributed by atoms with E-state index in [0.29, 0.717) is 11.2 Å². The van der Waals surface area contributed by atoms with Gasteiger partial charge in [-0.05, 0) is 64.8 Å². The van der Waals surface area contributed by atoms with Crippen LogP contribution in [0.4, 0.5) is 0 Å². The number of ether oxygens (including phenoxy) is 1. The Morgan fingerprint density at radius 3 is 2.69 bits per heavy atom. The van der Waals surface area contributed by atoms with Crippen LogP contribution >= 0.6 is 12.2 Å². The molecule has 5 nitrogen and oxygen atoms in total. The summed E-state index contributed by atoms with van der Waals surface area (Å²) in [4.78, 5) is 0. The second kappa shape index (κ2) is 8.84. The first kappa shape index (κ1) is 19.1. The SMILES string of the molecule is CCCOc1ccc(/C=N\n2c(Cc3cccc4ccccc34)n[nH]c2=S)cc1. The molecule has 0 amide bonds. The lowest BCUT2D eigenvalue weighted by molar-refractivity contribution is 0.317. The molecule has 29 heavy (non-hydrogen) atoms. The lowest BCUT2D eigenvalue weighted by atomic mass is 10.0. The van der Waals surface area contributed by atoms with E-state index in [1.54, 1.807) is 10.9 Å². The molecule has 146 valence electrons. The normalized spacial score (nSPS) is 11.3. The van der Waals surface area contributed by atoms with E-state index in [0.717, 1.165) is 30.2 Å². The minimum absolute atomic E-state index is 0.472. The Labute approximate surface area is 174 Å². The number of nitrogens with one attached hydrogen (secondary N) is 1. The van der Waals surface area contributed by atoms with Crippen molar-refractivity contribution in [2.24, 2.45) is 5.10 Å². The van der Waals surface area contributed by atoms with Crippen molar-refractivity contribution in [3.05, 3.63) is 88.5 Å². The monoisotopic (exact) mass is 402 g/mol. The van der Waals surface area contributed by atoms with Crippen molar-refractivity contribution in [3.63, 3.8) is 0 Å². The second-order valence-electron chi connectivity index (χ2n) is 6.73. The molecule has 1 aromatic heterocycles. The molecule has 0 bridgehead atoms. The molecule has 0 unspecified atom stereocenters. The van der Waals surface area contributed by atoms with Gasteiger partial charge in [0.25, 0.3) is 0 Å². The third-order valence-electron chi connectivity index (χ3n) is 4.62. The van der Waals surface area contributed by atoms with Gasteiger partial charge < -0.3 is 4.74 Å². The van der Waals surface area contributed by atoms with Gasteiger partial charge in [-0.3, -0.25) is 5.10 Å². The van der Waals surface area contributed by atoms with Gasteiger partial charge in [0.2, 0.25) is 4.77 Å². The largest absolute Gasteiger partial charge is 0.494 e. The van der Waals surface area contributed by atoms with Gasteiger partial charge in [-0.15, -0.1) is 0 Å². The summed E-state index contributed by atoms with van der Waals surface area (Å²) in [6.45, 7) is 2.81. The molecule has 1 N–H and O–H groups in total. The molecule has 6 heteroatoms.